The maximum Gasteiger partial charge on any atom is 0.255 e. The van der Waals surface area contributed by atoms with Crippen LogP contribution in [0.2, 0.25) is 0 Å². The van der Waals surface area contributed by atoms with Crippen LogP contribution in [0.4, 0.5) is 0 Å². The van der Waals surface area contributed by atoms with Gasteiger partial charge in [-0.3, -0.25) is 4.79 Å². The van der Waals surface area contributed by atoms with Gasteiger partial charge in [-0.2, -0.15) is 0 Å². The van der Waals surface area contributed by atoms with Gasteiger partial charge in [-0.15, -0.1) is 0 Å². The SMILES string of the molecule is CNC1CCC(NC(=O)c2cccc(OC)c2O)CC1. The molecule has 1 fully saturated rings. The van der Waals surface area contributed by atoms with Gasteiger partial charge in [-0.05, 0) is 44.9 Å². The number of benzene rings is 1. The topological polar surface area (TPSA) is 70.6 Å². The highest BCUT2D eigenvalue weighted by Crippen LogP contribution is 2.29. The minimum Gasteiger partial charge on any atom is -0.504 e. The lowest BCUT2D eigenvalue weighted by Gasteiger charge is -2.28. The fraction of sp³-hybridized carbons (Fsp3) is 0.533. The van der Waals surface area contributed by atoms with E-state index in [1.165, 1.54) is 7.11 Å². The third-order valence-electron chi connectivity index (χ3n) is 3.93. The summed E-state index contributed by atoms with van der Waals surface area (Å²) in [6.07, 6.45) is 4.04. The Balaban J connectivity index is 1.99. The van der Waals surface area contributed by atoms with Crippen LogP contribution in [0.3, 0.4) is 0 Å². The number of carbonyl (C=O) groups is 1. The number of phenols is 1. The molecular formula is C15H22N2O3. The highest BCUT2D eigenvalue weighted by molar-refractivity contribution is 5.97. The summed E-state index contributed by atoms with van der Waals surface area (Å²) in [6, 6.07) is 5.66. The Kier molecular flexibility index (Phi) is 4.84. The summed E-state index contributed by atoms with van der Waals surface area (Å²) in [5.41, 5.74) is 0.264. The minimum absolute atomic E-state index is 0.101. The molecule has 0 saturated heterocycles. The second-order valence-electron chi connectivity index (χ2n) is 5.17. The van der Waals surface area contributed by atoms with E-state index in [2.05, 4.69) is 10.6 Å². The third kappa shape index (κ3) is 3.22. The van der Waals surface area contributed by atoms with E-state index < -0.39 is 0 Å². The predicted molar refractivity (Wildman–Crippen MR) is 77.2 cm³/mol. The van der Waals surface area contributed by atoms with Crippen molar-refractivity contribution >= 4 is 5.91 Å². The fourth-order valence-corrected chi connectivity index (χ4v) is 2.66. The van der Waals surface area contributed by atoms with Gasteiger partial charge in [-0.25, -0.2) is 0 Å². The minimum atomic E-state index is -0.241. The van der Waals surface area contributed by atoms with Gasteiger partial charge < -0.3 is 20.5 Å². The van der Waals surface area contributed by atoms with Gasteiger partial charge in [0.1, 0.15) is 0 Å². The average molecular weight is 278 g/mol. The van der Waals surface area contributed by atoms with Gasteiger partial charge in [0.15, 0.2) is 11.5 Å². The number of phenolic OH excluding ortho intramolecular Hbond substituents is 1. The number of nitrogens with one attached hydrogen (secondary N) is 2. The zero-order chi connectivity index (χ0) is 14.5. The second-order valence-corrected chi connectivity index (χ2v) is 5.17. The first-order valence-electron chi connectivity index (χ1n) is 6.99. The molecule has 2 rings (SSSR count). The van der Waals surface area contributed by atoms with Crippen molar-refractivity contribution in [3.8, 4) is 11.5 Å². The Labute approximate surface area is 119 Å². The molecule has 1 aromatic rings. The molecular weight excluding hydrogens is 256 g/mol. The number of rotatable bonds is 4. The van der Waals surface area contributed by atoms with Crippen molar-refractivity contribution in [2.24, 2.45) is 0 Å². The molecule has 0 atom stereocenters. The van der Waals surface area contributed by atoms with E-state index in [1.807, 2.05) is 7.05 Å². The molecule has 0 heterocycles. The van der Waals surface area contributed by atoms with Crippen LogP contribution in [0.15, 0.2) is 18.2 Å². The first kappa shape index (κ1) is 14.7. The van der Waals surface area contributed by atoms with E-state index in [1.54, 1.807) is 18.2 Å². The summed E-state index contributed by atoms with van der Waals surface area (Å²) < 4.78 is 5.02. The Morgan fingerprint density at radius 1 is 1.25 bits per heavy atom. The summed E-state index contributed by atoms with van der Waals surface area (Å²) >= 11 is 0. The molecule has 20 heavy (non-hydrogen) atoms. The maximum absolute atomic E-state index is 12.2. The molecule has 5 heteroatoms. The van der Waals surface area contributed by atoms with Crippen molar-refractivity contribution in [1.82, 2.24) is 10.6 Å². The van der Waals surface area contributed by atoms with Crippen molar-refractivity contribution in [2.75, 3.05) is 14.2 Å². The van der Waals surface area contributed by atoms with Gasteiger partial charge in [0.05, 0.1) is 12.7 Å². The summed E-state index contributed by atoms with van der Waals surface area (Å²) in [5.74, 6) is -0.0257. The summed E-state index contributed by atoms with van der Waals surface area (Å²) in [6.45, 7) is 0. The largest absolute Gasteiger partial charge is 0.504 e. The quantitative estimate of drug-likeness (QED) is 0.783. The van der Waals surface area contributed by atoms with E-state index in [-0.39, 0.29) is 23.3 Å². The molecule has 1 aromatic carbocycles. The van der Waals surface area contributed by atoms with Crippen LogP contribution in [0.25, 0.3) is 0 Å². The number of hydrogen-bond acceptors (Lipinski definition) is 4. The zero-order valence-corrected chi connectivity index (χ0v) is 12.0. The summed E-state index contributed by atoms with van der Waals surface area (Å²) in [5, 5.41) is 16.2. The Morgan fingerprint density at radius 2 is 1.90 bits per heavy atom. The molecule has 5 nitrogen and oxygen atoms in total. The summed E-state index contributed by atoms with van der Waals surface area (Å²) in [7, 11) is 3.44. The molecule has 0 bridgehead atoms. The summed E-state index contributed by atoms with van der Waals surface area (Å²) in [4.78, 5) is 12.2. The Morgan fingerprint density at radius 3 is 2.50 bits per heavy atom. The van der Waals surface area contributed by atoms with Crippen LogP contribution in [0.1, 0.15) is 36.0 Å². The third-order valence-corrected chi connectivity index (χ3v) is 3.93. The smallest absolute Gasteiger partial charge is 0.255 e. The lowest BCUT2D eigenvalue weighted by molar-refractivity contribution is 0.0921. The van der Waals surface area contributed by atoms with Gasteiger partial charge in [0, 0.05) is 12.1 Å². The number of methoxy groups -OCH3 is 1. The molecule has 0 aromatic heterocycles. The lowest BCUT2D eigenvalue weighted by Crippen LogP contribution is -2.41. The van der Waals surface area contributed by atoms with E-state index >= 15 is 0 Å². The average Bonchev–Trinajstić information content (AvgIpc) is 2.48. The van der Waals surface area contributed by atoms with Crippen LogP contribution >= 0.6 is 0 Å². The van der Waals surface area contributed by atoms with E-state index in [0.29, 0.717) is 11.8 Å². The number of aromatic hydroxyl groups is 1. The van der Waals surface area contributed by atoms with E-state index in [9.17, 15) is 9.90 Å². The highest BCUT2D eigenvalue weighted by Gasteiger charge is 2.23. The monoisotopic (exact) mass is 278 g/mol. The van der Waals surface area contributed by atoms with Crippen LogP contribution in [-0.4, -0.2) is 37.3 Å². The highest BCUT2D eigenvalue weighted by atomic mass is 16.5. The molecule has 110 valence electrons. The van der Waals surface area contributed by atoms with Crippen LogP contribution in [-0.2, 0) is 0 Å². The molecule has 1 aliphatic carbocycles. The van der Waals surface area contributed by atoms with E-state index in [0.717, 1.165) is 25.7 Å². The molecule has 0 radical (unpaired) electrons. The molecule has 1 saturated carbocycles. The number of carbonyl (C=O) groups excluding carboxylic acids is 1. The Bertz CT molecular complexity index is 468. The van der Waals surface area contributed by atoms with Crippen LogP contribution in [0.5, 0.6) is 11.5 Å². The predicted octanol–water partition coefficient (Wildman–Crippen LogP) is 1.66. The molecule has 3 N–H and O–H groups in total. The maximum atomic E-state index is 12.2. The van der Waals surface area contributed by atoms with Crippen molar-refractivity contribution in [3.05, 3.63) is 23.8 Å². The second kappa shape index (κ2) is 6.61. The van der Waals surface area contributed by atoms with Gasteiger partial charge in [0.25, 0.3) is 5.91 Å². The van der Waals surface area contributed by atoms with Gasteiger partial charge >= 0.3 is 0 Å². The molecule has 1 amide bonds. The normalized spacial score (nSPS) is 22.3. The van der Waals surface area contributed by atoms with Crippen molar-refractivity contribution in [1.29, 1.82) is 0 Å². The number of hydrogen-bond donors (Lipinski definition) is 3. The van der Waals surface area contributed by atoms with Crippen molar-refractivity contribution < 1.29 is 14.6 Å². The number of amides is 1. The van der Waals surface area contributed by atoms with Crippen molar-refractivity contribution in [3.63, 3.8) is 0 Å². The molecule has 0 spiro atoms. The van der Waals surface area contributed by atoms with Crippen LogP contribution < -0.4 is 15.4 Å². The molecule has 0 aliphatic heterocycles. The number of ether oxygens (including phenoxy) is 1. The van der Waals surface area contributed by atoms with Gasteiger partial charge in [-0.1, -0.05) is 6.07 Å². The Hall–Kier alpha value is -1.75. The van der Waals surface area contributed by atoms with Crippen molar-refractivity contribution in [2.45, 2.75) is 37.8 Å². The number of para-hydroxylation sites is 1. The zero-order valence-electron chi connectivity index (χ0n) is 12.0. The first-order valence-corrected chi connectivity index (χ1v) is 6.99. The fourth-order valence-electron chi connectivity index (χ4n) is 2.66. The molecule has 1 aliphatic rings. The van der Waals surface area contributed by atoms with E-state index in [4.69, 9.17) is 4.74 Å². The lowest BCUT2D eigenvalue weighted by atomic mass is 9.91. The first-order chi connectivity index (χ1) is 9.65. The van der Waals surface area contributed by atoms with Crippen LogP contribution in [0, 0.1) is 0 Å². The van der Waals surface area contributed by atoms with Gasteiger partial charge in [0.2, 0.25) is 0 Å². The molecule has 0 unspecified atom stereocenters. The standard InChI is InChI=1S/C15H22N2O3/c1-16-10-6-8-11(9-7-10)17-15(19)12-4-3-5-13(20-2)14(12)18/h3-5,10-11,16,18H,6-9H2,1-2H3,(H,17,19).